The summed E-state index contributed by atoms with van der Waals surface area (Å²) in [6, 6.07) is 6.80. The van der Waals surface area contributed by atoms with E-state index in [4.69, 9.17) is 0 Å². The van der Waals surface area contributed by atoms with Crippen molar-refractivity contribution in [2.75, 3.05) is 0 Å². The van der Waals surface area contributed by atoms with Gasteiger partial charge in [-0.3, -0.25) is 0 Å². The molecule has 0 heterocycles. The van der Waals surface area contributed by atoms with Crippen LogP contribution < -0.4 is 0 Å². The monoisotopic (exact) mass is 205 g/mol. The van der Waals surface area contributed by atoms with E-state index in [-0.39, 0.29) is 5.56 Å². The highest BCUT2D eigenvalue weighted by Crippen LogP contribution is 2.19. The van der Waals surface area contributed by atoms with Crippen molar-refractivity contribution >= 4 is 15.9 Å². The minimum Gasteiger partial charge on any atom is -0.205 e. The lowest BCUT2D eigenvalue weighted by Gasteiger charge is -1.96. The first-order chi connectivity index (χ1) is 4.70. The first-order valence-corrected chi connectivity index (χ1v) is 3.45. The molecule has 0 atom stereocenters. The van der Waals surface area contributed by atoms with Crippen molar-refractivity contribution in [1.82, 2.24) is 0 Å². The van der Waals surface area contributed by atoms with Crippen molar-refractivity contribution in [2.24, 2.45) is 0 Å². The van der Waals surface area contributed by atoms with Gasteiger partial charge in [-0.05, 0) is 18.2 Å². The second-order valence-corrected chi connectivity index (χ2v) is 2.62. The molecule has 53 valence electrons. The largest absolute Gasteiger partial charge is 0.263 e. The Bertz CT molecular complexity index is 205. The molecule has 0 unspecified atom stereocenters. The number of alkyl halides is 2. The van der Waals surface area contributed by atoms with Crippen molar-refractivity contribution in [1.29, 1.82) is 0 Å². The smallest absolute Gasteiger partial charge is 0.205 e. The van der Waals surface area contributed by atoms with Gasteiger partial charge in [0.1, 0.15) is 0 Å². The number of rotatable bonds is 1. The van der Waals surface area contributed by atoms with Crippen LogP contribution in [0.25, 0.3) is 0 Å². The first-order valence-electron chi connectivity index (χ1n) is 2.65. The van der Waals surface area contributed by atoms with Crippen LogP contribution in [0.5, 0.6) is 0 Å². The van der Waals surface area contributed by atoms with E-state index in [1.54, 1.807) is 6.07 Å². The maximum Gasteiger partial charge on any atom is 0.263 e. The maximum absolute atomic E-state index is 11.9. The van der Waals surface area contributed by atoms with Crippen LogP contribution in [0, 0.1) is 6.07 Å². The fourth-order valence-electron chi connectivity index (χ4n) is 0.554. The fraction of sp³-hybridized carbons (Fsp3) is 0.143. The lowest BCUT2D eigenvalue weighted by Crippen LogP contribution is -1.81. The number of hydrogen-bond acceptors (Lipinski definition) is 0. The summed E-state index contributed by atoms with van der Waals surface area (Å²) in [4.78, 5) is 0. The second kappa shape index (κ2) is 3.10. The molecule has 0 saturated heterocycles. The van der Waals surface area contributed by atoms with Crippen molar-refractivity contribution in [3.8, 4) is 0 Å². The van der Waals surface area contributed by atoms with Gasteiger partial charge in [-0.1, -0.05) is 22.0 Å². The van der Waals surface area contributed by atoms with Gasteiger partial charge < -0.3 is 0 Å². The highest BCUT2D eigenvalue weighted by Gasteiger charge is 2.04. The van der Waals surface area contributed by atoms with Crippen LogP contribution in [-0.4, -0.2) is 0 Å². The quantitative estimate of drug-likeness (QED) is 0.661. The van der Waals surface area contributed by atoms with Crippen LogP contribution in [0.4, 0.5) is 8.78 Å². The molecule has 0 bridgehead atoms. The molecular weight excluding hydrogens is 202 g/mol. The normalized spacial score (nSPS) is 10.4. The van der Waals surface area contributed by atoms with Crippen LogP contribution in [0.3, 0.4) is 0 Å². The van der Waals surface area contributed by atoms with Crippen molar-refractivity contribution in [2.45, 2.75) is 6.43 Å². The van der Waals surface area contributed by atoms with E-state index in [0.29, 0.717) is 4.47 Å². The summed E-state index contributed by atoms with van der Waals surface area (Å²) >= 11 is 3.09. The summed E-state index contributed by atoms with van der Waals surface area (Å²) in [5.41, 5.74) is 0.00296. The van der Waals surface area contributed by atoms with Crippen LogP contribution in [0.1, 0.15) is 12.0 Å². The van der Waals surface area contributed by atoms with E-state index >= 15 is 0 Å². The number of hydrogen-bond donors (Lipinski definition) is 0. The van der Waals surface area contributed by atoms with Crippen molar-refractivity contribution in [3.05, 3.63) is 34.3 Å². The Labute approximate surface area is 66.0 Å². The highest BCUT2D eigenvalue weighted by atomic mass is 79.9. The molecule has 1 rings (SSSR count). The Balaban J connectivity index is 2.89. The first kappa shape index (κ1) is 7.66. The Morgan fingerprint density at radius 1 is 1.40 bits per heavy atom. The molecular formula is C7H4BrF2. The summed E-state index contributed by atoms with van der Waals surface area (Å²) in [5.74, 6) is 0. The van der Waals surface area contributed by atoms with E-state index in [1.165, 1.54) is 12.1 Å². The van der Waals surface area contributed by atoms with E-state index in [9.17, 15) is 8.78 Å². The van der Waals surface area contributed by atoms with Crippen LogP contribution in [0.2, 0.25) is 0 Å². The van der Waals surface area contributed by atoms with E-state index in [0.717, 1.165) is 0 Å². The zero-order valence-electron chi connectivity index (χ0n) is 4.94. The van der Waals surface area contributed by atoms with E-state index in [2.05, 4.69) is 22.0 Å². The van der Waals surface area contributed by atoms with Crippen LogP contribution in [-0.2, 0) is 0 Å². The highest BCUT2D eigenvalue weighted by molar-refractivity contribution is 9.10. The average Bonchev–Trinajstić information content (AvgIpc) is 1.88. The average molecular weight is 206 g/mol. The molecule has 1 radical (unpaired) electrons. The van der Waals surface area contributed by atoms with Crippen molar-refractivity contribution < 1.29 is 8.78 Å². The summed E-state index contributed by atoms with van der Waals surface area (Å²) in [6.45, 7) is 0. The zero-order chi connectivity index (χ0) is 7.56. The topological polar surface area (TPSA) is 0 Å². The standard InChI is InChI=1S/C7H4BrF2/c8-6-3-1-5(2-4-6)7(9)10/h1-3,7H. The molecule has 10 heavy (non-hydrogen) atoms. The predicted octanol–water partition coefficient (Wildman–Crippen LogP) is 3.19. The molecule has 0 nitrogen and oxygen atoms in total. The number of halogens is 3. The minimum absolute atomic E-state index is 0.00296. The van der Waals surface area contributed by atoms with Gasteiger partial charge in [-0.15, -0.1) is 0 Å². The van der Waals surface area contributed by atoms with Crippen molar-refractivity contribution in [3.63, 3.8) is 0 Å². The Kier molecular flexibility index (Phi) is 2.38. The summed E-state index contributed by atoms with van der Waals surface area (Å²) in [7, 11) is 0. The summed E-state index contributed by atoms with van der Waals surface area (Å²) in [5, 5.41) is 0. The Morgan fingerprint density at radius 2 is 2.10 bits per heavy atom. The van der Waals surface area contributed by atoms with Gasteiger partial charge >= 0.3 is 0 Å². The van der Waals surface area contributed by atoms with Crippen LogP contribution >= 0.6 is 15.9 Å². The summed E-state index contributed by atoms with van der Waals surface area (Å²) < 4.78 is 24.4. The van der Waals surface area contributed by atoms with E-state index in [1.807, 2.05) is 0 Å². The SMILES string of the molecule is FC(F)c1c[c]c(Br)cc1. The van der Waals surface area contributed by atoms with Gasteiger partial charge in [0.05, 0.1) is 0 Å². The molecule has 0 amide bonds. The molecule has 0 saturated carbocycles. The number of benzene rings is 1. The molecule has 0 aliphatic carbocycles. The van der Waals surface area contributed by atoms with Gasteiger partial charge in [0, 0.05) is 10.0 Å². The lowest BCUT2D eigenvalue weighted by molar-refractivity contribution is 0.151. The van der Waals surface area contributed by atoms with Gasteiger partial charge in [0.15, 0.2) is 0 Å². The molecule has 0 N–H and O–H groups in total. The molecule has 0 fully saturated rings. The van der Waals surface area contributed by atoms with E-state index < -0.39 is 6.43 Å². The minimum atomic E-state index is -2.40. The molecule has 3 heteroatoms. The van der Waals surface area contributed by atoms with Gasteiger partial charge in [0.25, 0.3) is 6.43 Å². The maximum atomic E-state index is 11.9. The second-order valence-electron chi connectivity index (χ2n) is 1.77. The van der Waals surface area contributed by atoms with Crippen LogP contribution in [0.15, 0.2) is 22.7 Å². The fourth-order valence-corrected chi connectivity index (χ4v) is 0.800. The molecule has 0 aliphatic heterocycles. The Morgan fingerprint density at radius 3 is 2.50 bits per heavy atom. The Hall–Kier alpha value is -0.440. The molecule has 1 aromatic carbocycles. The van der Waals surface area contributed by atoms with Gasteiger partial charge in [-0.25, -0.2) is 8.78 Å². The molecule has 0 aliphatic rings. The summed E-state index contributed by atoms with van der Waals surface area (Å²) in [6.07, 6.45) is -2.40. The molecule has 0 spiro atoms. The third-order valence-electron chi connectivity index (χ3n) is 1.05. The third-order valence-corrected chi connectivity index (χ3v) is 1.54. The zero-order valence-corrected chi connectivity index (χ0v) is 6.53. The van der Waals surface area contributed by atoms with Gasteiger partial charge in [-0.2, -0.15) is 0 Å². The van der Waals surface area contributed by atoms with Gasteiger partial charge in [0.2, 0.25) is 0 Å². The predicted molar refractivity (Wildman–Crippen MR) is 37.9 cm³/mol. The molecule has 1 aromatic rings. The molecule has 0 aromatic heterocycles. The lowest BCUT2D eigenvalue weighted by atomic mass is 10.2. The third kappa shape index (κ3) is 1.77.